The average Bonchev–Trinajstić information content (AvgIpc) is 1.49. The van der Waals surface area contributed by atoms with Crippen molar-refractivity contribution in [2.45, 2.75) is 10.8 Å². The molecule has 2 aliphatic heterocycles. The molecule has 2 aliphatic carbocycles. The number of hydrogen-bond donors (Lipinski definition) is 0. The van der Waals surface area contributed by atoms with Crippen LogP contribution in [0, 0.1) is 0 Å². The van der Waals surface area contributed by atoms with Gasteiger partial charge in [-0.15, -0.1) is 0 Å². The van der Waals surface area contributed by atoms with Gasteiger partial charge in [-0.2, -0.15) is 0 Å². The summed E-state index contributed by atoms with van der Waals surface area (Å²) in [5, 5.41) is 9.50. The summed E-state index contributed by atoms with van der Waals surface area (Å²) in [4.78, 5) is 32.9. The van der Waals surface area contributed by atoms with E-state index in [9.17, 15) is 0 Å². The molecule has 6 aromatic heterocycles. The van der Waals surface area contributed by atoms with Crippen molar-refractivity contribution >= 4 is 87.4 Å². The Morgan fingerprint density at radius 2 is 0.514 bits per heavy atom. The van der Waals surface area contributed by atoms with Gasteiger partial charge in [-0.05, 0) is 203 Å². The van der Waals surface area contributed by atoms with E-state index in [2.05, 4.69) is 438 Å². The maximum atomic E-state index is 6.64. The van der Waals surface area contributed by atoms with Crippen LogP contribution in [0.25, 0.3) is 240 Å². The molecule has 0 fully saturated rings. The first-order valence-electron chi connectivity index (χ1n) is 47.2. The van der Waals surface area contributed by atoms with Crippen LogP contribution in [0.2, 0.25) is 0 Å². The van der Waals surface area contributed by atoms with Crippen LogP contribution < -0.4 is 0 Å². The summed E-state index contributed by atoms with van der Waals surface area (Å²) in [5.74, 6) is 3.40. The quantitative estimate of drug-likeness (QED) is 0.127. The monoisotopic (exact) mass is 1750 g/mol. The third-order valence-electron chi connectivity index (χ3n) is 30.0. The maximum absolute atomic E-state index is 6.64. The molecule has 2 spiro atoms. The first-order chi connectivity index (χ1) is 68.4. The van der Waals surface area contributed by atoms with Gasteiger partial charge in [0.05, 0.1) is 55.3 Å². The lowest BCUT2D eigenvalue weighted by molar-refractivity contribution is 0.670. The van der Waals surface area contributed by atoms with E-state index in [1.807, 2.05) is 30.3 Å². The Bertz CT molecular complexity index is 9700. The van der Waals surface area contributed by atoms with Crippen molar-refractivity contribution in [1.82, 2.24) is 43.6 Å². The summed E-state index contributed by atoms with van der Waals surface area (Å²) in [7, 11) is 0. The van der Waals surface area contributed by atoms with Crippen molar-refractivity contribution in [3.8, 4) is 152 Å². The maximum Gasteiger partial charge on any atom is 0.164 e. The van der Waals surface area contributed by atoms with Crippen molar-refractivity contribution in [1.29, 1.82) is 0 Å². The highest BCUT2D eigenvalue weighted by molar-refractivity contribution is 6.16. The Hall–Kier alpha value is -18.4. The number of furan rings is 1. The summed E-state index contributed by atoms with van der Waals surface area (Å²) in [6, 6.07) is 166. The summed E-state index contributed by atoms with van der Waals surface area (Å²) >= 11 is 0. The lowest BCUT2D eigenvalue weighted by Gasteiger charge is -2.40. The molecule has 638 valence electrons. The van der Waals surface area contributed by atoms with Gasteiger partial charge in [0.25, 0.3) is 0 Å². The van der Waals surface area contributed by atoms with Gasteiger partial charge in [0, 0.05) is 87.7 Å². The van der Waals surface area contributed by atoms with Crippen LogP contribution in [0.3, 0.4) is 0 Å². The van der Waals surface area contributed by atoms with Gasteiger partial charge in [0.1, 0.15) is 11.2 Å². The molecular weight excluding hydrogens is 1680 g/mol. The van der Waals surface area contributed by atoms with Gasteiger partial charge in [0.2, 0.25) is 0 Å². The van der Waals surface area contributed by atoms with Crippen LogP contribution in [0.15, 0.2) is 459 Å². The predicted molar refractivity (Wildman–Crippen MR) is 560 cm³/mol. The molecule has 138 heavy (non-hydrogen) atoms. The van der Waals surface area contributed by atoms with Crippen molar-refractivity contribution in [2.75, 3.05) is 0 Å². The van der Waals surface area contributed by atoms with Gasteiger partial charge >= 0.3 is 0 Å². The molecule has 4 aliphatic rings. The molecular formula is C128H75N9O. The van der Waals surface area contributed by atoms with Gasteiger partial charge in [0.15, 0.2) is 34.9 Å². The van der Waals surface area contributed by atoms with Gasteiger partial charge in [-0.25, -0.2) is 29.9 Å². The summed E-state index contributed by atoms with van der Waals surface area (Å²) in [6.07, 6.45) is 0. The number of benzene rings is 20. The zero-order valence-corrected chi connectivity index (χ0v) is 74.2. The van der Waals surface area contributed by atoms with Crippen LogP contribution in [0.5, 0.6) is 0 Å². The molecule has 0 bridgehead atoms. The molecule has 0 N–H and O–H groups in total. The molecule has 10 heteroatoms. The number of para-hydroxylation sites is 10. The second kappa shape index (κ2) is 29.1. The molecule has 0 radical (unpaired) electrons. The number of fused-ring (bicyclic) bond motifs is 30. The fourth-order valence-corrected chi connectivity index (χ4v) is 24.2. The van der Waals surface area contributed by atoms with Crippen LogP contribution >= 0.6 is 0 Å². The second-order valence-electron chi connectivity index (χ2n) is 36.9. The summed E-state index contributed by atoms with van der Waals surface area (Å²) in [6.45, 7) is 0. The SMILES string of the molecule is c1ccc(-c2nc(-c3ccc(-n4c5ccccc5c5ccccc54)cc3)nc(-c3cccc(-c4cccc5c4C4(c6cc(-c7cccc(-c8nc(-c9ccc(-c%10cccc%11c%10oc%10ccccc%10%11)cc9)nc(-c9cccc(-c%10ccc%11c(c%10)C%10(c%12ccccc%12-%11)c%11ccccc%11-n%11c%12ccccc%12c%12cccc%10c%12%11)c9)n8)c7)ccc6-5)c5ccccc5-n5c6ccccc6c6cccc4c65)c3)n2)cc1. The van der Waals surface area contributed by atoms with E-state index in [1.54, 1.807) is 0 Å². The minimum absolute atomic E-state index is 0.547. The van der Waals surface area contributed by atoms with Gasteiger partial charge < -0.3 is 18.1 Å². The molecule has 2 atom stereocenters. The molecule has 10 nitrogen and oxygen atoms in total. The first kappa shape index (κ1) is 76.2. The fourth-order valence-electron chi connectivity index (χ4n) is 24.2. The van der Waals surface area contributed by atoms with Crippen LogP contribution in [0.4, 0.5) is 0 Å². The highest BCUT2D eigenvalue weighted by Crippen LogP contribution is 2.66. The largest absolute Gasteiger partial charge is 0.455 e. The van der Waals surface area contributed by atoms with E-state index in [4.69, 9.17) is 34.3 Å². The number of rotatable bonds is 11. The lowest BCUT2D eigenvalue weighted by Crippen LogP contribution is -2.34. The molecule has 2 unspecified atom stereocenters. The minimum atomic E-state index is -0.872. The first-order valence-corrected chi connectivity index (χ1v) is 47.2. The third-order valence-corrected chi connectivity index (χ3v) is 30.0. The topological polar surface area (TPSA) is 105 Å². The van der Waals surface area contributed by atoms with Crippen LogP contribution in [-0.4, -0.2) is 43.6 Å². The van der Waals surface area contributed by atoms with Gasteiger partial charge in [-0.3, -0.25) is 0 Å². The molecule has 0 amide bonds. The third kappa shape index (κ3) is 10.8. The molecule has 20 aromatic carbocycles. The van der Waals surface area contributed by atoms with E-state index in [0.717, 1.165) is 128 Å². The standard InChI is InChI=1S/C128H75N9O/c1-2-27-77(28-3-1)121-129-123(79-63-67-88(68-64-79)135-110-52-13-5-36-94(110)95-37-6-14-53-111(95)135)133-126(130-121)87-34-22-31-84(73-87)89-41-23-43-99-93-70-66-83(75-109(93)128(117(89)99)105-49-12-18-57-115(105)137-113-55-16-8-39-97(113)101-45-26-51-107(128)119(101)137)81-30-21-33-86(72-81)125-132-122(78-61-59-76(60-62-78)90-42-24-46-102-98-40-9-19-58-116(98)138-120(90)102)131-124(134-125)85-32-20-29-80(71-85)82-65-69-92-91-35-4-10-47-103(91)127(108(92)74-82)104-48-11-17-56-114(104)136-112-54-15-7-38-96(112)100-44-25-50-106(127)118(100)136/h1-75H. The number of nitrogens with zero attached hydrogens (tertiary/aromatic N) is 9. The highest BCUT2D eigenvalue weighted by atomic mass is 16.3. The van der Waals surface area contributed by atoms with Crippen LogP contribution in [-0.2, 0) is 10.8 Å². The summed E-state index contributed by atoms with van der Waals surface area (Å²) < 4.78 is 14.0. The van der Waals surface area contributed by atoms with E-state index in [0.29, 0.717) is 34.9 Å². The molecule has 0 saturated carbocycles. The van der Waals surface area contributed by atoms with Crippen molar-refractivity contribution in [2.24, 2.45) is 0 Å². The van der Waals surface area contributed by atoms with Crippen molar-refractivity contribution in [3.63, 3.8) is 0 Å². The zero-order chi connectivity index (χ0) is 90.2. The smallest absolute Gasteiger partial charge is 0.164 e. The van der Waals surface area contributed by atoms with Crippen LogP contribution in [0.1, 0.15) is 44.5 Å². The van der Waals surface area contributed by atoms with E-state index < -0.39 is 10.8 Å². The van der Waals surface area contributed by atoms with E-state index >= 15 is 0 Å². The number of aromatic nitrogens is 9. The Morgan fingerprint density at radius 3 is 1.09 bits per heavy atom. The van der Waals surface area contributed by atoms with Crippen molar-refractivity contribution in [3.05, 3.63) is 499 Å². The molecule has 30 rings (SSSR count). The zero-order valence-electron chi connectivity index (χ0n) is 74.2. The average molecular weight is 1760 g/mol. The minimum Gasteiger partial charge on any atom is -0.455 e. The summed E-state index contributed by atoms with van der Waals surface area (Å²) in [5.41, 5.74) is 39.0. The Kier molecular flexibility index (Phi) is 16.0. The Labute approximate surface area is 792 Å². The number of hydrogen-bond acceptors (Lipinski definition) is 7. The fraction of sp³-hybridized carbons (Fsp3) is 0.0156. The molecule has 26 aromatic rings. The lowest BCUT2D eigenvalue weighted by atomic mass is 9.63. The highest BCUT2D eigenvalue weighted by Gasteiger charge is 2.54. The predicted octanol–water partition coefficient (Wildman–Crippen LogP) is 31.3. The normalized spacial score (nSPS) is 14.6. The second-order valence-corrected chi connectivity index (χ2v) is 36.9. The molecule has 0 saturated heterocycles. The Morgan fingerprint density at radius 1 is 0.181 bits per heavy atom. The molecule has 8 heterocycles. The van der Waals surface area contributed by atoms with E-state index in [1.165, 1.54) is 121 Å². The Balaban J connectivity index is 0.569. The van der Waals surface area contributed by atoms with Crippen molar-refractivity contribution < 1.29 is 4.42 Å². The van der Waals surface area contributed by atoms with E-state index in [-0.39, 0.29) is 0 Å². The van der Waals surface area contributed by atoms with Gasteiger partial charge in [-0.1, -0.05) is 358 Å².